The zero-order valence-electron chi connectivity index (χ0n) is 30.3. The van der Waals surface area contributed by atoms with Crippen LogP contribution in [-0.2, 0) is 5.54 Å². The second-order valence-corrected chi connectivity index (χ2v) is 16.2. The summed E-state index contributed by atoms with van der Waals surface area (Å²) < 4.78 is 3.27. The molecule has 3 aromatic carbocycles. The summed E-state index contributed by atoms with van der Waals surface area (Å²) in [4.78, 5) is 46.4. The number of benzene rings is 3. The number of amides is 2. The molecule has 2 amide bonds. The van der Waals surface area contributed by atoms with Gasteiger partial charge in [-0.05, 0) is 90.1 Å². The number of aromatic amines is 1. The Kier molecular flexibility index (Phi) is 10.7. The molecule has 270 valence electrons. The predicted molar refractivity (Wildman–Crippen MR) is 216 cm³/mol. The minimum Gasteiger partial charge on any atom is -0.347 e. The third kappa shape index (κ3) is 8.08. The Balaban J connectivity index is 0.000000236. The van der Waals surface area contributed by atoms with Crippen molar-refractivity contribution in [3.8, 4) is 0 Å². The molecule has 0 aliphatic rings. The highest BCUT2D eigenvalue weighted by atomic mass is 79.9. The van der Waals surface area contributed by atoms with Crippen molar-refractivity contribution in [3.05, 3.63) is 153 Å². The fraction of sp³-hybridized carbons (Fsp3) is 0.220. The SMILES string of the molecule is CC(C)(C)NC(=O)c1c[nH]c2ncc(Br)nc12.CC(C)(C)NC(=O)c1cn(C(c2ccccc2)(c2ccccc2)c2ccccc2)c2ncc(Br)nc12. The van der Waals surface area contributed by atoms with E-state index in [1.807, 2.05) is 102 Å². The van der Waals surface area contributed by atoms with Crippen molar-refractivity contribution >= 4 is 66.0 Å². The average Bonchev–Trinajstić information content (AvgIpc) is 3.71. The first kappa shape index (κ1) is 37.6. The van der Waals surface area contributed by atoms with E-state index < -0.39 is 11.1 Å². The van der Waals surface area contributed by atoms with Crippen LogP contribution in [0.2, 0.25) is 0 Å². The van der Waals surface area contributed by atoms with Gasteiger partial charge in [-0.1, -0.05) is 91.0 Å². The summed E-state index contributed by atoms with van der Waals surface area (Å²) in [6.07, 6.45) is 6.78. The maximum absolute atomic E-state index is 13.5. The van der Waals surface area contributed by atoms with E-state index in [9.17, 15) is 9.59 Å². The summed E-state index contributed by atoms with van der Waals surface area (Å²) >= 11 is 6.70. The molecule has 0 fully saturated rings. The van der Waals surface area contributed by atoms with Crippen molar-refractivity contribution in [2.45, 2.75) is 58.2 Å². The van der Waals surface area contributed by atoms with E-state index >= 15 is 0 Å². The third-order valence-electron chi connectivity index (χ3n) is 8.22. The fourth-order valence-corrected chi connectivity index (χ4v) is 6.76. The Morgan fingerprint density at radius 3 is 1.53 bits per heavy atom. The Bertz CT molecular complexity index is 2280. The summed E-state index contributed by atoms with van der Waals surface area (Å²) in [7, 11) is 0. The molecule has 7 aromatic rings. The van der Waals surface area contributed by atoms with Gasteiger partial charge in [0.1, 0.15) is 25.8 Å². The normalized spacial score (nSPS) is 11.9. The van der Waals surface area contributed by atoms with Gasteiger partial charge in [0.25, 0.3) is 11.8 Å². The highest BCUT2D eigenvalue weighted by Gasteiger charge is 2.41. The van der Waals surface area contributed by atoms with Crippen LogP contribution in [0.3, 0.4) is 0 Å². The highest BCUT2D eigenvalue weighted by molar-refractivity contribution is 9.10. The van der Waals surface area contributed by atoms with Gasteiger partial charge in [0.15, 0.2) is 11.3 Å². The molecule has 10 nitrogen and oxygen atoms in total. The number of nitrogens with zero attached hydrogens (tertiary/aromatic N) is 5. The smallest absolute Gasteiger partial charge is 0.255 e. The summed E-state index contributed by atoms with van der Waals surface area (Å²) in [5, 5.41) is 5.99. The van der Waals surface area contributed by atoms with Crippen LogP contribution >= 0.6 is 31.9 Å². The first-order valence-electron chi connectivity index (χ1n) is 17.0. The Morgan fingerprint density at radius 2 is 1.06 bits per heavy atom. The van der Waals surface area contributed by atoms with Gasteiger partial charge in [-0.2, -0.15) is 0 Å². The Labute approximate surface area is 325 Å². The van der Waals surface area contributed by atoms with E-state index in [-0.39, 0.29) is 17.4 Å². The molecule has 0 bridgehead atoms. The molecule has 0 spiro atoms. The zero-order chi connectivity index (χ0) is 38.0. The van der Waals surface area contributed by atoms with Crippen LogP contribution in [0.1, 0.15) is 78.9 Å². The van der Waals surface area contributed by atoms with Gasteiger partial charge in [-0.25, -0.2) is 19.9 Å². The Morgan fingerprint density at radius 1 is 0.623 bits per heavy atom. The number of H-pyrrole nitrogens is 1. The maximum Gasteiger partial charge on any atom is 0.255 e. The minimum atomic E-state index is -0.801. The molecule has 4 heterocycles. The summed E-state index contributed by atoms with van der Waals surface area (Å²) in [6, 6.07) is 31.0. The number of hydrogen-bond acceptors (Lipinski definition) is 6. The number of hydrogen-bond donors (Lipinski definition) is 3. The number of carbonyl (C=O) groups is 2. The summed E-state index contributed by atoms with van der Waals surface area (Å²) in [6.45, 7) is 11.7. The number of halogens is 2. The lowest BCUT2D eigenvalue weighted by Crippen LogP contribution is -2.40. The van der Waals surface area contributed by atoms with Crippen molar-refractivity contribution in [2.24, 2.45) is 0 Å². The molecule has 0 radical (unpaired) electrons. The van der Waals surface area contributed by atoms with E-state index in [2.05, 4.69) is 98.4 Å². The third-order valence-corrected chi connectivity index (χ3v) is 8.98. The monoisotopic (exact) mass is 834 g/mol. The van der Waals surface area contributed by atoms with Gasteiger partial charge in [-0.15, -0.1) is 0 Å². The lowest BCUT2D eigenvalue weighted by molar-refractivity contribution is 0.0911. The molecule has 3 N–H and O–H groups in total. The molecule has 0 saturated heterocycles. The number of aromatic nitrogens is 6. The molecule has 0 atom stereocenters. The quantitative estimate of drug-likeness (QED) is 0.144. The number of fused-ring (bicyclic) bond motifs is 2. The van der Waals surface area contributed by atoms with Gasteiger partial charge < -0.3 is 20.2 Å². The molecule has 0 aliphatic carbocycles. The predicted octanol–water partition coefficient (Wildman–Crippen LogP) is 8.81. The zero-order valence-corrected chi connectivity index (χ0v) is 33.5. The molecule has 0 saturated carbocycles. The van der Waals surface area contributed by atoms with Crippen molar-refractivity contribution in [1.82, 2.24) is 40.1 Å². The maximum atomic E-state index is 13.5. The van der Waals surface area contributed by atoms with Crippen LogP contribution in [-0.4, -0.2) is 52.4 Å². The molecule has 7 rings (SSSR count). The van der Waals surface area contributed by atoms with Gasteiger partial charge in [0, 0.05) is 23.5 Å². The van der Waals surface area contributed by atoms with Crippen LogP contribution in [0, 0.1) is 0 Å². The first-order chi connectivity index (χ1) is 25.2. The standard InChI is InChI=1S/C30H27BrN4O.C11H13BrN4O/c1-29(2,3)34-28(36)24-20-35(27-26(24)33-25(31)19-32-27)30(21-13-7-4-8-14-21,22-15-9-5-10-16-22)23-17-11-6-12-18-23;1-11(2,3)16-10(17)6-4-13-9-8(6)15-7(12)5-14-9/h4-20H,1-3H3,(H,34,36);4-5H,1-3H3,(H,13,14)(H,16,17). The van der Waals surface area contributed by atoms with Crippen molar-refractivity contribution in [2.75, 3.05) is 0 Å². The van der Waals surface area contributed by atoms with Crippen LogP contribution in [0.15, 0.2) is 125 Å². The average molecular weight is 837 g/mol. The van der Waals surface area contributed by atoms with E-state index in [0.29, 0.717) is 42.7 Å². The lowest BCUT2D eigenvalue weighted by Gasteiger charge is -2.38. The van der Waals surface area contributed by atoms with Gasteiger partial charge in [0.2, 0.25) is 0 Å². The lowest BCUT2D eigenvalue weighted by atomic mass is 9.76. The van der Waals surface area contributed by atoms with Crippen LogP contribution in [0.25, 0.3) is 22.3 Å². The van der Waals surface area contributed by atoms with Gasteiger partial charge in [-0.3, -0.25) is 9.59 Å². The minimum absolute atomic E-state index is 0.156. The second kappa shape index (κ2) is 15.0. The number of rotatable bonds is 6. The van der Waals surface area contributed by atoms with Crippen molar-refractivity contribution < 1.29 is 9.59 Å². The van der Waals surface area contributed by atoms with Gasteiger partial charge in [0.05, 0.1) is 23.5 Å². The van der Waals surface area contributed by atoms with Crippen LogP contribution < -0.4 is 10.6 Å². The Hall–Kier alpha value is -5.20. The first-order valence-corrected chi connectivity index (χ1v) is 18.6. The van der Waals surface area contributed by atoms with Crippen LogP contribution in [0.4, 0.5) is 0 Å². The number of nitrogens with one attached hydrogen (secondary N) is 3. The largest absolute Gasteiger partial charge is 0.347 e. The summed E-state index contributed by atoms with van der Waals surface area (Å²) in [5.41, 5.74) is 4.97. The summed E-state index contributed by atoms with van der Waals surface area (Å²) in [5.74, 6) is -0.349. The molecule has 53 heavy (non-hydrogen) atoms. The van der Waals surface area contributed by atoms with E-state index in [1.165, 1.54) is 0 Å². The molecule has 12 heteroatoms. The molecule has 0 unspecified atom stereocenters. The van der Waals surface area contributed by atoms with Gasteiger partial charge >= 0.3 is 0 Å². The topological polar surface area (TPSA) is 130 Å². The fourth-order valence-electron chi connectivity index (χ4n) is 6.21. The van der Waals surface area contributed by atoms with E-state index in [4.69, 9.17) is 9.97 Å². The molecule has 4 aromatic heterocycles. The highest BCUT2D eigenvalue weighted by Crippen LogP contribution is 2.43. The molecular weight excluding hydrogens is 796 g/mol. The van der Waals surface area contributed by atoms with E-state index in [0.717, 1.165) is 16.7 Å². The number of carbonyl (C=O) groups excluding carboxylic acids is 2. The van der Waals surface area contributed by atoms with Crippen LogP contribution in [0.5, 0.6) is 0 Å². The molecular formula is C41H40Br2N8O2. The second-order valence-electron chi connectivity index (χ2n) is 14.6. The van der Waals surface area contributed by atoms with E-state index in [1.54, 1.807) is 18.6 Å². The van der Waals surface area contributed by atoms with Crippen molar-refractivity contribution in [1.29, 1.82) is 0 Å². The van der Waals surface area contributed by atoms with Crippen molar-refractivity contribution in [3.63, 3.8) is 0 Å². The molecule has 0 aliphatic heterocycles.